The van der Waals surface area contributed by atoms with Gasteiger partial charge in [-0.05, 0) is 100 Å². The van der Waals surface area contributed by atoms with Crippen molar-refractivity contribution in [2.24, 2.45) is 5.92 Å². The van der Waals surface area contributed by atoms with Crippen LogP contribution in [-0.2, 0) is 26.5 Å². The Morgan fingerprint density at radius 2 is 1.41 bits per heavy atom. The minimum Gasteiger partial charge on any atom is -0.500 e. The van der Waals surface area contributed by atoms with Gasteiger partial charge in [0.05, 0.1) is 22.4 Å². The second-order valence-electron chi connectivity index (χ2n) is 17.5. The first-order chi connectivity index (χ1) is 30.4. The molecule has 323 valence electrons. The molecule has 0 saturated heterocycles. The predicted molar refractivity (Wildman–Crippen MR) is 255 cm³/mol. The summed E-state index contributed by atoms with van der Waals surface area (Å²) in [7, 11) is 0. The summed E-state index contributed by atoms with van der Waals surface area (Å²) in [5.74, 6) is 1.23. The first-order valence-corrected chi connectivity index (χ1v) is 21.7. The summed E-state index contributed by atoms with van der Waals surface area (Å²) in [6.07, 6.45) is 2.91. The van der Waals surface area contributed by atoms with Crippen LogP contribution in [0.2, 0.25) is 0 Å². The monoisotopic (exact) mass is 1020 g/mol. The normalized spacial score (nSPS) is 11.6. The number of imidazole rings is 1. The van der Waals surface area contributed by atoms with Crippen LogP contribution in [0.25, 0.3) is 83.2 Å². The van der Waals surface area contributed by atoms with E-state index in [4.69, 9.17) is 9.40 Å². The fourth-order valence-electron chi connectivity index (χ4n) is 8.66. The fraction of sp³-hybridized carbons (Fsp3) is 0.193. The zero-order valence-corrected chi connectivity index (χ0v) is 39.5. The van der Waals surface area contributed by atoms with E-state index >= 15 is 0 Å². The van der Waals surface area contributed by atoms with E-state index in [0.717, 1.165) is 67.3 Å². The molecule has 0 saturated carbocycles. The third-order valence-corrected chi connectivity index (χ3v) is 11.8. The maximum Gasteiger partial charge on any atom is 0.126 e. The van der Waals surface area contributed by atoms with E-state index in [2.05, 4.69) is 155 Å². The molecule has 1 radical (unpaired) electrons. The Balaban J connectivity index is 0.000000248. The van der Waals surface area contributed by atoms with Crippen LogP contribution in [-0.4, -0.2) is 14.5 Å². The molecule has 64 heavy (non-hydrogen) atoms. The molecule has 0 fully saturated rings. The number of fused-ring (bicyclic) bond motifs is 6. The van der Waals surface area contributed by atoms with Gasteiger partial charge in [0.2, 0.25) is 0 Å². The van der Waals surface area contributed by atoms with Crippen LogP contribution in [0.4, 0.5) is 8.78 Å². The van der Waals surface area contributed by atoms with Crippen LogP contribution in [0.1, 0.15) is 75.6 Å². The molecule has 0 spiro atoms. The third-order valence-electron chi connectivity index (χ3n) is 11.8. The number of rotatable bonds is 8. The molecule has 0 unspecified atom stereocenters. The quantitative estimate of drug-likeness (QED) is 0.142. The number of hydrogen-bond acceptors (Lipinski definition) is 3. The molecular formula is C57H49F2IrN3O-2. The van der Waals surface area contributed by atoms with Crippen molar-refractivity contribution in [3.05, 3.63) is 186 Å². The van der Waals surface area contributed by atoms with Gasteiger partial charge in [-0.15, -0.1) is 48.0 Å². The molecule has 0 aliphatic carbocycles. The molecular weight excluding hydrogens is 973 g/mol. The van der Waals surface area contributed by atoms with Gasteiger partial charge < -0.3 is 14.0 Å². The van der Waals surface area contributed by atoms with Gasteiger partial charge in [-0.25, -0.2) is 4.39 Å². The van der Waals surface area contributed by atoms with E-state index in [9.17, 15) is 8.78 Å². The fourth-order valence-corrected chi connectivity index (χ4v) is 8.66. The standard InChI is InChI=1S/C41H32FN2O.C16H17FN.Ir/c1-24(2)34-21-28(26-11-6-5-7-12-26)22-35(25(3)4)38(34)44-39-30-14-9-8-13-27(30)17-20-36(39)43-41(44)33-16-10-15-32-31-19-18-29(42)23-37(31)45-40(32)33;1-11(2)8-14-9-16(18-10-12(14)3)13-4-6-15(17)7-5-13;/h5-15,17-25H,1-4H3;4,6-7,9-11H,8H2,1-3H3;/q2*-1;. The molecule has 0 amide bonds. The molecule has 7 heteroatoms. The summed E-state index contributed by atoms with van der Waals surface area (Å²) in [4.78, 5) is 9.72. The van der Waals surface area contributed by atoms with Crippen LogP contribution in [0.15, 0.2) is 144 Å². The molecule has 10 rings (SSSR count). The Hall–Kier alpha value is -6.27. The summed E-state index contributed by atoms with van der Waals surface area (Å²) >= 11 is 0. The predicted octanol–water partition coefficient (Wildman–Crippen LogP) is 15.8. The Morgan fingerprint density at radius 3 is 2.11 bits per heavy atom. The van der Waals surface area contributed by atoms with Crippen molar-refractivity contribution in [1.29, 1.82) is 0 Å². The number of aryl methyl sites for hydroxylation is 1. The zero-order valence-electron chi connectivity index (χ0n) is 37.1. The molecule has 7 aromatic carbocycles. The van der Waals surface area contributed by atoms with Crippen molar-refractivity contribution in [2.75, 3.05) is 0 Å². The van der Waals surface area contributed by atoms with Crippen LogP contribution in [0.5, 0.6) is 0 Å². The number of halogens is 2. The smallest absolute Gasteiger partial charge is 0.126 e. The number of hydrogen-bond donors (Lipinski definition) is 0. The first-order valence-electron chi connectivity index (χ1n) is 21.7. The Morgan fingerprint density at radius 1 is 0.688 bits per heavy atom. The van der Waals surface area contributed by atoms with Gasteiger partial charge in [-0.2, -0.15) is 0 Å². The van der Waals surface area contributed by atoms with E-state index in [-0.39, 0.29) is 43.6 Å². The van der Waals surface area contributed by atoms with E-state index < -0.39 is 0 Å². The number of benzene rings is 7. The molecule has 0 aliphatic heterocycles. The number of nitrogens with zero attached hydrogens (tertiary/aromatic N) is 3. The molecule has 3 aromatic heterocycles. The number of furan rings is 1. The summed E-state index contributed by atoms with van der Waals surface area (Å²) in [6.45, 7) is 15.5. The largest absolute Gasteiger partial charge is 0.500 e. The van der Waals surface area contributed by atoms with Crippen molar-refractivity contribution < 1.29 is 33.3 Å². The molecule has 0 aliphatic rings. The van der Waals surface area contributed by atoms with Gasteiger partial charge in [0.1, 0.15) is 11.4 Å². The molecule has 3 heterocycles. The molecule has 4 nitrogen and oxygen atoms in total. The maximum absolute atomic E-state index is 14.3. The molecule has 0 bridgehead atoms. The van der Waals surface area contributed by atoms with E-state index in [0.29, 0.717) is 17.1 Å². The Kier molecular flexibility index (Phi) is 12.8. The average Bonchev–Trinajstić information content (AvgIpc) is 3.86. The topological polar surface area (TPSA) is 43.9 Å². The van der Waals surface area contributed by atoms with Crippen LogP contribution in [0, 0.1) is 36.6 Å². The van der Waals surface area contributed by atoms with Crippen LogP contribution < -0.4 is 0 Å². The molecule has 0 N–H and O–H groups in total. The molecule has 0 atom stereocenters. The van der Waals surface area contributed by atoms with Gasteiger partial charge in [0.25, 0.3) is 0 Å². The average molecular weight is 1020 g/mol. The zero-order chi connectivity index (χ0) is 43.9. The van der Waals surface area contributed by atoms with Crippen LogP contribution in [0.3, 0.4) is 0 Å². The third kappa shape index (κ3) is 8.55. The van der Waals surface area contributed by atoms with Crippen molar-refractivity contribution in [2.45, 2.75) is 66.7 Å². The minimum atomic E-state index is -0.326. The minimum absolute atomic E-state index is 0. The SMILES string of the molecule is CC(C)c1cc(-c2ccccc2)cc(C(C)C)c1-n1c(-c2[c-]ccc3c2oc2cc(F)ccc23)nc2ccc3ccccc3c21.Cc1cnc(-c2[c-]cc(F)cc2)cc1CC(C)C.[Ir]. The summed E-state index contributed by atoms with van der Waals surface area (Å²) in [5, 5.41) is 4.06. The summed E-state index contributed by atoms with van der Waals surface area (Å²) in [6, 6.07) is 49.6. The van der Waals surface area contributed by atoms with Gasteiger partial charge in [0.15, 0.2) is 0 Å². The van der Waals surface area contributed by atoms with E-state index in [1.165, 1.54) is 57.6 Å². The van der Waals surface area contributed by atoms with E-state index in [1.54, 1.807) is 12.1 Å². The van der Waals surface area contributed by atoms with Crippen molar-refractivity contribution >= 4 is 43.7 Å². The second-order valence-corrected chi connectivity index (χ2v) is 17.5. The molecule has 10 aromatic rings. The number of pyridine rings is 1. The van der Waals surface area contributed by atoms with Gasteiger partial charge in [-0.1, -0.05) is 125 Å². The second kappa shape index (κ2) is 18.4. The van der Waals surface area contributed by atoms with Gasteiger partial charge in [-0.3, -0.25) is 9.37 Å². The Bertz CT molecular complexity index is 3250. The Labute approximate surface area is 387 Å². The van der Waals surface area contributed by atoms with Crippen molar-refractivity contribution in [1.82, 2.24) is 14.5 Å². The maximum atomic E-state index is 14.3. The first kappa shape index (κ1) is 44.3. The van der Waals surface area contributed by atoms with Gasteiger partial charge >= 0.3 is 0 Å². The van der Waals surface area contributed by atoms with Crippen molar-refractivity contribution in [3.63, 3.8) is 0 Å². The van der Waals surface area contributed by atoms with Crippen LogP contribution >= 0.6 is 0 Å². The number of aromatic nitrogens is 3. The summed E-state index contributed by atoms with van der Waals surface area (Å²) in [5.41, 5.74) is 14.1. The van der Waals surface area contributed by atoms with E-state index in [1.807, 2.05) is 18.3 Å². The van der Waals surface area contributed by atoms with Crippen molar-refractivity contribution in [3.8, 4) is 39.5 Å². The van der Waals surface area contributed by atoms with Gasteiger partial charge in [0, 0.05) is 54.6 Å². The summed E-state index contributed by atoms with van der Waals surface area (Å²) < 4.78 is 35.9.